The van der Waals surface area contributed by atoms with Crippen molar-refractivity contribution in [2.75, 3.05) is 13.7 Å². The molecule has 0 aliphatic carbocycles. The van der Waals surface area contributed by atoms with Gasteiger partial charge in [0.05, 0.1) is 30.7 Å². The number of nitrogens with one attached hydrogen (secondary N) is 1. The fraction of sp³-hybridized carbons (Fsp3) is 0.586. The molecule has 2 fully saturated rings. The molecule has 4 rings (SSSR count). The number of aryl methyl sites for hydroxylation is 1. The SMILES string of the molecule is COC(=O)CCc1ccccc1C[C@@H]1[C@H](c2nc(C(=O)NCCCCC(C)(C)C(=O)O)co2)[C@H]2CC[C@@H]1O2. The first-order valence-electron chi connectivity index (χ1n) is 13.5. The number of esters is 1. The second kappa shape index (κ2) is 12.1. The summed E-state index contributed by atoms with van der Waals surface area (Å²) in [5.41, 5.74) is 1.77. The molecule has 2 aromatic rings. The minimum atomic E-state index is -0.816. The molecule has 2 bridgehead atoms. The monoisotopic (exact) mass is 526 g/mol. The smallest absolute Gasteiger partial charge is 0.309 e. The van der Waals surface area contributed by atoms with Gasteiger partial charge in [-0.15, -0.1) is 0 Å². The van der Waals surface area contributed by atoms with E-state index in [9.17, 15) is 19.5 Å². The average Bonchev–Trinajstić information content (AvgIpc) is 3.64. The first kappa shape index (κ1) is 27.8. The number of carboxylic acid groups (broad SMARTS) is 1. The van der Waals surface area contributed by atoms with Gasteiger partial charge in [-0.25, -0.2) is 4.98 Å². The van der Waals surface area contributed by atoms with Gasteiger partial charge < -0.3 is 24.3 Å². The summed E-state index contributed by atoms with van der Waals surface area (Å²) in [5, 5.41) is 12.1. The van der Waals surface area contributed by atoms with Gasteiger partial charge in [-0.1, -0.05) is 30.7 Å². The number of unbranched alkanes of at least 4 members (excludes halogenated alkanes) is 1. The Morgan fingerprint density at radius 3 is 2.61 bits per heavy atom. The van der Waals surface area contributed by atoms with Gasteiger partial charge in [0.25, 0.3) is 5.91 Å². The first-order valence-corrected chi connectivity index (χ1v) is 13.5. The summed E-state index contributed by atoms with van der Waals surface area (Å²) in [6.07, 6.45) is 7.12. The lowest BCUT2D eigenvalue weighted by Crippen LogP contribution is -2.28. The summed E-state index contributed by atoms with van der Waals surface area (Å²) in [7, 11) is 1.40. The van der Waals surface area contributed by atoms with E-state index in [0.29, 0.717) is 44.5 Å². The number of carbonyl (C=O) groups is 3. The van der Waals surface area contributed by atoms with E-state index in [2.05, 4.69) is 22.4 Å². The van der Waals surface area contributed by atoms with Gasteiger partial charge in [-0.3, -0.25) is 14.4 Å². The molecule has 0 saturated carbocycles. The quantitative estimate of drug-likeness (QED) is 0.292. The lowest BCUT2D eigenvalue weighted by atomic mass is 9.75. The van der Waals surface area contributed by atoms with E-state index in [-0.39, 0.29) is 41.6 Å². The van der Waals surface area contributed by atoms with Gasteiger partial charge in [0.1, 0.15) is 6.26 Å². The van der Waals surface area contributed by atoms with Crippen LogP contribution < -0.4 is 5.32 Å². The number of nitrogens with zero attached hydrogens (tertiary/aromatic N) is 1. The Balaban J connectivity index is 1.37. The Bertz CT molecular complexity index is 1140. The van der Waals surface area contributed by atoms with Gasteiger partial charge in [-0.05, 0) is 63.5 Å². The number of aromatic nitrogens is 1. The van der Waals surface area contributed by atoms with E-state index in [0.717, 1.165) is 24.8 Å². The lowest BCUT2D eigenvalue weighted by molar-refractivity contribution is -0.147. The number of aliphatic carboxylic acids is 1. The summed E-state index contributed by atoms with van der Waals surface area (Å²) in [5.74, 6) is -0.684. The summed E-state index contributed by atoms with van der Waals surface area (Å²) >= 11 is 0. The Kier molecular flexibility index (Phi) is 8.87. The van der Waals surface area contributed by atoms with Gasteiger partial charge >= 0.3 is 11.9 Å². The molecule has 0 unspecified atom stereocenters. The fourth-order valence-electron chi connectivity index (χ4n) is 5.61. The molecular formula is C29H38N2O7. The normalized spacial score (nSPS) is 22.4. The van der Waals surface area contributed by atoms with Crippen LogP contribution in [0, 0.1) is 11.3 Å². The predicted octanol–water partition coefficient (Wildman–Crippen LogP) is 4.29. The van der Waals surface area contributed by atoms with Crippen LogP contribution in [-0.4, -0.2) is 53.8 Å². The standard InChI is InChI=1S/C29H38N2O7/c1-29(2,28(34)35)14-6-7-15-30-26(33)21-17-37-27(31-21)25-20(22-11-12-23(25)38-22)16-19-9-5-4-8-18(19)10-13-24(32)36-3/h4-5,8-9,17,20,22-23,25H,6-7,10-16H2,1-3H3,(H,30,33)(H,34,35)/t20-,22-,23+,25-/m0/s1. The molecule has 3 heterocycles. The summed E-state index contributed by atoms with van der Waals surface area (Å²) in [6.45, 7) is 3.86. The van der Waals surface area contributed by atoms with E-state index in [1.807, 2.05) is 12.1 Å². The minimum absolute atomic E-state index is 0.0133. The van der Waals surface area contributed by atoms with E-state index >= 15 is 0 Å². The highest BCUT2D eigenvalue weighted by Crippen LogP contribution is 2.50. The molecule has 9 nitrogen and oxygen atoms in total. The first-order chi connectivity index (χ1) is 18.2. The molecule has 2 saturated heterocycles. The van der Waals surface area contributed by atoms with Crippen molar-refractivity contribution in [1.29, 1.82) is 0 Å². The van der Waals surface area contributed by atoms with Crippen LogP contribution in [0.1, 0.15) is 85.8 Å². The van der Waals surface area contributed by atoms with Crippen LogP contribution in [0.5, 0.6) is 0 Å². The van der Waals surface area contributed by atoms with Crippen molar-refractivity contribution in [3.63, 3.8) is 0 Å². The Labute approximate surface area is 223 Å². The van der Waals surface area contributed by atoms with Crippen LogP contribution in [-0.2, 0) is 31.9 Å². The highest BCUT2D eigenvalue weighted by atomic mass is 16.5. The van der Waals surface area contributed by atoms with Gasteiger partial charge in [0, 0.05) is 18.9 Å². The van der Waals surface area contributed by atoms with Crippen molar-refractivity contribution in [1.82, 2.24) is 10.3 Å². The van der Waals surface area contributed by atoms with Crippen molar-refractivity contribution in [3.05, 3.63) is 53.2 Å². The molecule has 2 N–H and O–H groups in total. The lowest BCUT2D eigenvalue weighted by Gasteiger charge is -2.26. The maximum atomic E-state index is 12.7. The fourth-order valence-corrected chi connectivity index (χ4v) is 5.61. The van der Waals surface area contributed by atoms with Crippen LogP contribution in [0.2, 0.25) is 0 Å². The molecule has 38 heavy (non-hydrogen) atoms. The average molecular weight is 527 g/mol. The molecule has 0 spiro atoms. The zero-order chi connectivity index (χ0) is 27.3. The van der Waals surface area contributed by atoms with Crippen molar-refractivity contribution < 1.29 is 33.4 Å². The van der Waals surface area contributed by atoms with Crippen LogP contribution >= 0.6 is 0 Å². The largest absolute Gasteiger partial charge is 0.481 e. The molecule has 206 valence electrons. The second-order valence-corrected chi connectivity index (χ2v) is 11.0. The number of carbonyl (C=O) groups excluding carboxylic acids is 2. The Morgan fingerprint density at radius 2 is 1.87 bits per heavy atom. The third-order valence-electron chi connectivity index (χ3n) is 7.96. The molecule has 0 radical (unpaired) electrons. The third kappa shape index (κ3) is 6.43. The molecule has 2 aliphatic heterocycles. The number of carboxylic acids is 1. The number of amides is 1. The zero-order valence-electron chi connectivity index (χ0n) is 22.4. The van der Waals surface area contributed by atoms with Gasteiger partial charge in [-0.2, -0.15) is 0 Å². The van der Waals surface area contributed by atoms with E-state index in [1.54, 1.807) is 13.8 Å². The number of methoxy groups -OCH3 is 1. The van der Waals surface area contributed by atoms with E-state index < -0.39 is 11.4 Å². The number of ether oxygens (including phenoxy) is 2. The summed E-state index contributed by atoms with van der Waals surface area (Å²) in [4.78, 5) is 40.1. The number of hydrogen-bond acceptors (Lipinski definition) is 7. The minimum Gasteiger partial charge on any atom is -0.481 e. The highest BCUT2D eigenvalue weighted by molar-refractivity contribution is 5.91. The maximum Gasteiger partial charge on any atom is 0.309 e. The van der Waals surface area contributed by atoms with Gasteiger partial charge in [0.2, 0.25) is 5.89 Å². The Hall–Kier alpha value is -3.20. The van der Waals surface area contributed by atoms with Crippen molar-refractivity contribution in [2.45, 2.75) is 83.3 Å². The molecule has 9 heteroatoms. The van der Waals surface area contributed by atoms with Crippen LogP contribution in [0.25, 0.3) is 0 Å². The van der Waals surface area contributed by atoms with Crippen LogP contribution in [0.3, 0.4) is 0 Å². The summed E-state index contributed by atoms with van der Waals surface area (Å²) < 4.78 is 16.9. The topological polar surface area (TPSA) is 128 Å². The number of benzene rings is 1. The van der Waals surface area contributed by atoms with Crippen LogP contribution in [0.4, 0.5) is 0 Å². The molecular weight excluding hydrogens is 488 g/mol. The van der Waals surface area contributed by atoms with Crippen molar-refractivity contribution in [2.24, 2.45) is 11.3 Å². The number of fused-ring (bicyclic) bond motifs is 2. The second-order valence-electron chi connectivity index (χ2n) is 11.0. The molecule has 1 amide bonds. The Morgan fingerprint density at radius 1 is 1.13 bits per heavy atom. The summed E-state index contributed by atoms with van der Waals surface area (Å²) in [6, 6.07) is 8.15. The number of oxazole rings is 1. The molecule has 1 aromatic carbocycles. The van der Waals surface area contributed by atoms with Crippen LogP contribution in [0.15, 0.2) is 34.9 Å². The van der Waals surface area contributed by atoms with Crippen molar-refractivity contribution >= 4 is 17.8 Å². The maximum absolute atomic E-state index is 12.7. The van der Waals surface area contributed by atoms with E-state index in [1.165, 1.54) is 18.9 Å². The number of hydrogen-bond donors (Lipinski definition) is 2. The van der Waals surface area contributed by atoms with E-state index in [4.69, 9.17) is 13.9 Å². The van der Waals surface area contributed by atoms with Crippen molar-refractivity contribution in [3.8, 4) is 0 Å². The highest BCUT2D eigenvalue weighted by Gasteiger charge is 2.51. The number of rotatable bonds is 13. The molecule has 4 atom stereocenters. The zero-order valence-corrected chi connectivity index (χ0v) is 22.4. The predicted molar refractivity (Wildman–Crippen MR) is 139 cm³/mol. The molecule has 1 aromatic heterocycles. The van der Waals surface area contributed by atoms with Gasteiger partial charge in [0.15, 0.2) is 5.69 Å². The molecule has 2 aliphatic rings. The third-order valence-corrected chi connectivity index (χ3v) is 7.96.